The summed E-state index contributed by atoms with van der Waals surface area (Å²) in [6, 6.07) is 2.07. The molecule has 0 aromatic carbocycles. The van der Waals surface area contributed by atoms with Crippen LogP contribution in [0.2, 0.25) is 0 Å². The van der Waals surface area contributed by atoms with Crippen LogP contribution in [-0.2, 0) is 4.79 Å². The van der Waals surface area contributed by atoms with Crippen LogP contribution in [0.3, 0.4) is 0 Å². The van der Waals surface area contributed by atoms with Crippen LogP contribution >= 0.6 is 0 Å². The van der Waals surface area contributed by atoms with Gasteiger partial charge in [-0.2, -0.15) is 0 Å². The van der Waals surface area contributed by atoms with Crippen molar-refractivity contribution in [3.63, 3.8) is 0 Å². The van der Waals surface area contributed by atoms with Crippen LogP contribution in [0.5, 0.6) is 0 Å². The average molecular weight is 176 g/mol. The Morgan fingerprint density at radius 2 is 2.38 bits per heavy atom. The Morgan fingerprint density at radius 3 is 2.77 bits per heavy atom. The lowest BCUT2D eigenvalue weighted by atomic mass is 10.1. The largest absolute Gasteiger partial charge is 0.480 e. The molecule has 4 heteroatoms. The van der Waals surface area contributed by atoms with Crippen molar-refractivity contribution in [3.8, 4) is 12.3 Å². The normalized spacial score (nSPS) is 11.7. The van der Waals surface area contributed by atoms with Gasteiger partial charge in [0, 0.05) is 6.20 Å². The zero-order chi connectivity index (χ0) is 9.84. The number of aliphatic carboxylic acids is 1. The first-order valence-corrected chi connectivity index (χ1v) is 3.56. The van der Waals surface area contributed by atoms with Gasteiger partial charge in [0.15, 0.2) is 0 Å². The molecule has 0 fully saturated rings. The molecule has 0 aliphatic carbocycles. The van der Waals surface area contributed by atoms with E-state index in [-0.39, 0.29) is 0 Å². The second-order valence-electron chi connectivity index (χ2n) is 2.44. The predicted molar refractivity (Wildman–Crippen MR) is 46.7 cm³/mol. The van der Waals surface area contributed by atoms with Gasteiger partial charge >= 0.3 is 5.97 Å². The molecule has 0 aliphatic heterocycles. The lowest BCUT2D eigenvalue weighted by Crippen LogP contribution is -2.20. The highest BCUT2D eigenvalue weighted by atomic mass is 16.4. The fourth-order valence-corrected chi connectivity index (χ4v) is 0.817. The Bertz CT molecular complexity index is 351. The molecule has 1 aromatic rings. The van der Waals surface area contributed by atoms with Crippen molar-refractivity contribution in [2.75, 3.05) is 0 Å². The molecule has 0 amide bonds. The molecule has 0 bridgehead atoms. The number of carbonyl (C=O) groups is 1. The van der Waals surface area contributed by atoms with E-state index in [0.29, 0.717) is 11.3 Å². The minimum absolute atomic E-state index is 0.437. The fourth-order valence-electron chi connectivity index (χ4n) is 0.817. The van der Waals surface area contributed by atoms with E-state index in [1.165, 1.54) is 6.20 Å². The van der Waals surface area contributed by atoms with Crippen molar-refractivity contribution < 1.29 is 9.90 Å². The maximum absolute atomic E-state index is 10.5. The minimum atomic E-state index is -1.09. The number of nitrogens with zero attached hydrogens (tertiary/aromatic N) is 1. The van der Waals surface area contributed by atoms with Gasteiger partial charge in [0.25, 0.3) is 0 Å². The monoisotopic (exact) mass is 176 g/mol. The first-order valence-electron chi connectivity index (χ1n) is 3.56. The van der Waals surface area contributed by atoms with Gasteiger partial charge in [-0.25, -0.2) is 4.98 Å². The number of carboxylic acid groups (broad SMARTS) is 1. The van der Waals surface area contributed by atoms with Crippen LogP contribution in [0.4, 0.5) is 0 Å². The molecular weight excluding hydrogens is 168 g/mol. The van der Waals surface area contributed by atoms with E-state index < -0.39 is 12.0 Å². The summed E-state index contributed by atoms with van der Waals surface area (Å²) in [5.74, 6) is 1.24. The number of aromatic nitrogens is 1. The van der Waals surface area contributed by atoms with Crippen molar-refractivity contribution >= 4 is 5.97 Å². The highest BCUT2D eigenvalue weighted by Gasteiger charge is 2.13. The van der Waals surface area contributed by atoms with Gasteiger partial charge in [-0.15, -0.1) is 6.42 Å². The Balaban J connectivity index is 2.93. The standard InChI is InChI=1S/C9H8N2O2/c1-2-7-4-3-6(5-11-7)8(10)9(12)13/h1,3-5,8H,10H2,(H,12,13). The number of carboxylic acids is 1. The lowest BCUT2D eigenvalue weighted by molar-refractivity contribution is -0.138. The van der Waals surface area contributed by atoms with Gasteiger partial charge < -0.3 is 10.8 Å². The molecule has 0 radical (unpaired) electrons. The van der Waals surface area contributed by atoms with Gasteiger partial charge in [0.05, 0.1) is 0 Å². The van der Waals surface area contributed by atoms with Crippen LogP contribution < -0.4 is 5.73 Å². The number of rotatable bonds is 2. The zero-order valence-corrected chi connectivity index (χ0v) is 6.77. The molecule has 0 saturated heterocycles. The third-order valence-corrected chi connectivity index (χ3v) is 1.56. The van der Waals surface area contributed by atoms with Crippen LogP contribution in [0.1, 0.15) is 17.3 Å². The Hall–Kier alpha value is -1.86. The molecule has 0 aliphatic rings. The second kappa shape index (κ2) is 3.70. The summed E-state index contributed by atoms with van der Waals surface area (Å²) >= 11 is 0. The number of hydrogen-bond acceptors (Lipinski definition) is 3. The number of hydrogen-bond donors (Lipinski definition) is 2. The zero-order valence-electron chi connectivity index (χ0n) is 6.77. The van der Waals surface area contributed by atoms with Crippen molar-refractivity contribution in [2.24, 2.45) is 5.73 Å². The highest BCUT2D eigenvalue weighted by Crippen LogP contribution is 2.08. The van der Waals surface area contributed by atoms with E-state index >= 15 is 0 Å². The first-order chi connectivity index (χ1) is 6.15. The molecule has 13 heavy (non-hydrogen) atoms. The Morgan fingerprint density at radius 1 is 1.69 bits per heavy atom. The molecule has 1 rings (SSSR count). The molecule has 0 saturated carbocycles. The van der Waals surface area contributed by atoms with Gasteiger partial charge in [0.2, 0.25) is 0 Å². The van der Waals surface area contributed by atoms with Gasteiger partial charge in [-0.3, -0.25) is 4.79 Å². The smallest absolute Gasteiger partial charge is 0.325 e. The summed E-state index contributed by atoms with van der Waals surface area (Å²) in [6.07, 6.45) is 6.44. The highest BCUT2D eigenvalue weighted by molar-refractivity contribution is 5.75. The number of terminal acetylenes is 1. The Labute approximate surface area is 75.4 Å². The summed E-state index contributed by atoms with van der Waals surface area (Å²) in [5, 5.41) is 8.57. The number of nitrogens with two attached hydrogens (primary N) is 1. The predicted octanol–water partition coefficient (Wildman–Crippen LogP) is 0.147. The maximum Gasteiger partial charge on any atom is 0.325 e. The van der Waals surface area contributed by atoms with Crippen LogP contribution in [-0.4, -0.2) is 16.1 Å². The summed E-state index contributed by atoms with van der Waals surface area (Å²) in [6.45, 7) is 0. The van der Waals surface area contributed by atoms with Gasteiger partial charge in [0.1, 0.15) is 11.7 Å². The van der Waals surface area contributed by atoms with Crippen LogP contribution in [0.15, 0.2) is 18.3 Å². The molecule has 1 unspecified atom stereocenters. The SMILES string of the molecule is C#Cc1ccc(C(N)C(=O)O)cn1. The molecule has 4 nitrogen and oxygen atoms in total. The molecule has 1 atom stereocenters. The molecule has 3 N–H and O–H groups in total. The van der Waals surface area contributed by atoms with Crippen LogP contribution in [0, 0.1) is 12.3 Å². The third kappa shape index (κ3) is 2.04. The van der Waals surface area contributed by atoms with E-state index in [4.69, 9.17) is 17.3 Å². The summed E-state index contributed by atoms with van der Waals surface area (Å²) in [5.41, 5.74) is 6.23. The first kappa shape index (κ1) is 9.23. The summed E-state index contributed by atoms with van der Waals surface area (Å²) in [7, 11) is 0. The minimum Gasteiger partial charge on any atom is -0.480 e. The lowest BCUT2D eigenvalue weighted by Gasteiger charge is -2.04. The topological polar surface area (TPSA) is 76.2 Å². The van der Waals surface area contributed by atoms with E-state index in [9.17, 15) is 4.79 Å². The summed E-state index contributed by atoms with van der Waals surface area (Å²) in [4.78, 5) is 14.3. The van der Waals surface area contributed by atoms with E-state index in [2.05, 4.69) is 10.9 Å². The quantitative estimate of drug-likeness (QED) is 0.629. The van der Waals surface area contributed by atoms with Gasteiger partial charge in [-0.05, 0) is 11.6 Å². The average Bonchev–Trinajstić information content (AvgIpc) is 2.17. The van der Waals surface area contributed by atoms with Crippen molar-refractivity contribution in [3.05, 3.63) is 29.6 Å². The third-order valence-electron chi connectivity index (χ3n) is 1.56. The number of pyridine rings is 1. The van der Waals surface area contributed by atoms with Crippen molar-refractivity contribution in [1.29, 1.82) is 0 Å². The molecule has 0 spiro atoms. The fraction of sp³-hybridized carbons (Fsp3) is 0.111. The Kier molecular flexibility index (Phi) is 2.62. The second-order valence-corrected chi connectivity index (χ2v) is 2.44. The van der Waals surface area contributed by atoms with Crippen molar-refractivity contribution in [1.82, 2.24) is 4.98 Å². The van der Waals surface area contributed by atoms with Gasteiger partial charge in [-0.1, -0.05) is 12.0 Å². The van der Waals surface area contributed by atoms with E-state index in [1.807, 2.05) is 0 Å². The molecular formula is C9H8N2O2. The molecule has 1 heterocycles. The maximum atomic E-state index is 10.5. The molecule has 66 valence electrons. The molecule has 1 aromatic heterocycles. The summed E-state index contributed by atoms with van der Waals surface area (Å²) < 4.78 is 0. The van der Waals surface area contributed by atoms with E-state index in [0.717, 1.165) is 0 Å². The van der Waals surface area contributed by atoms with E-state index in [1.54, 1.807) is 12.1 Å². The van der Waals surface area contributed by atoms with Crippen molar-refractivity contribution in [2.45, 2.75) is 6.04 Å². The van der Waals surface area contributed by atoms with Crippen LogP contribution in [0.25, 0.3) is 0 Å².